The normalized spacial score (nSPS) is 31.0. The van der Waals surface area contributed by atoms with Crippen LogP contribution in [0.2, 0.25) is 0 Å². The molecule has 6 heterocycles. The van der Waals surface area contributed by atoms with Crippen molar-refractivity contribution in [3.05, 3.63) is 118 Å². The second kappa shape index (κ2) is 15.1. The van der Waals surface area contributed by atoms with E-state index in [9.17, 15) is 29.4 Å². The molecule has 1 saturated heterocycles. The lowest BCUT2D eigenvalue weighted by atomic mass is 9.80. The van der Waals surface area contributed by atoms with Crippen LogP contribution in [0.25, 0.3) is 0 Å². The Labute approximate surface area is 319 Å². The number of hydrogen-bond acceptors (Lipinski definition) is 13. The van der Waals surface area contributed by atoms with Crippen LogP contribution in [0.1, 0.15) is 83.3 Å². The quantitative estimate of drug-likeness (QED) is 0.191. The third-order valence-electron chi connectivity index (χ3n) is 11.1. The minimum Gasteiger partial charge on any atom is -0.465 e. The maximum atomic E-state index is 13.9. The molecule has 6 rings (SSSR count). The summed E-state index contributed by atoms with van der Waals surface area (Å²) in [5, 5.41) is 27.5. The summed E-state index contributed by atoms with van der Waals surface area (Å²) in [6, 6.07) is 0.710. The van der Waals surface area contributed by atoms with Crippen molar-refractivity contribution in [1.29, 1.82) is 0 Å². The molecule has 0 unspecified atom stereocenters. The zero-order valence-corrected chi connectivity index (χ0v) is 31.8. The summed E-state index contributed by atoms with van der Waals surface area (Å²) in [5.74, 6) is -4.87. The summed E-state index contributed by atoms with van der Waals surface area (Å²) in [4.78, 5) is 53.8. The van der Waals surface area contributed by atoms with E-state index in [0.717, 1.165) is 0 Å². The molecule has 2 aromatic rings. The van der Waals surface area contributed by atoms with E-state index in [4.69, 9.17) is 27.8 Å². The highest BCUT2D eigenvalue weighted by atomic mass is 16.6. The van der Waals surface area contributed by atoms with Crippen molar-refractivity contribution in [2.24, 2.45) is 11.8 Å². The van der Waals surface area contributed by atoms with Crippen molar-refractivity contribution in [2.75, 3.05) is 14.2 Å². The van der Waals surface area contributed by atoms with E-state index in [-0.39, 0.29) is 52.4 Å². The maximum absolute atomic E-state index is 13.9. The number of rotatable bonds is 8. The van der Waals surface area contributed by atoms with E-state index in [1.807, 2.05) is 0 Å². The fourth-order valence-corrected chi connectivity index (χ4v) is 8.16. The lowest BCUT2D eigenvalue weighted by Crippen LogP contribution is -2.54. The van der Waals surface area contributed by atoms with Gasteiger partial charge in [-0.05, 0) is 52.0 Å². The first-order chi connectivity index (χ1) is 26.0. The van der Waals surface area contributed by atoms with Crippen LogP contribution in [-0.4, -0.2) is 84.8 Å². The molecule has 1 fully saturated rings. The second-order valence-corrected chi connectivity index (χ2v) is 15.0. The van der Waals surface area contributed by atoms with Gasteiger partial charge in [-0.2, -0.15) is 0 Å². The molecule has 292 valence electrons. The smallest absolute Gasteiger partial charge is 0.341 e. The lowest BCUT2D eigenvalue weighted by Gasteiger charge is -2.35. The monoisotopic (exact) mass is 757 g/mol. The highest BCUT2D eigenvalue weighted by Crippen LogP contribution is 2.43. The van der Waals surface area contributed by atoms with Crippen molar-refractivity contribution in [3.63, 3.8) is 0 Å². The van der Waals surface area contributed by atoms with Gasteiger partial charge in [0.1, 0.15) is 46.4 Å². The van der Waals surface area contributed by atoms with Gasteiger partial charge in [-0.1, -0.05) is 48.6 Å². The average molecular weight is 758 g/mol. The van der Waals surface area contributed by atoms with Crippen LogP contribution in [0.5, 0.6) is 0 Å². The Kier molecular flexibility index (Phi) is 10.8. The van der Waals surface area contributed by atoms with Crippen molar-refractivity contribution < 1.29 is 57.2 Å². The van der Waals surface area contributed by atoms with Crippen LogP contribution in [-0.2, 0) is 41.4 Å². The number of furan rings is 2. The van der Waals surface area contributed by atoms with Crippen molar-refractivity contribution >= 4 is 23.9 Å². The van der Waals surface area contributed by atoms with E-state index in [1.54, 1.807) is 39.8 Å². The Balaban J connectivity index is 1.55. The lowest BCUT2D eigenvalue weighted by molar-refractivity contribution is -0.141. The number of esters is 4. The van der Waals surface area contributed by atoms with Crippen LogP contribution in [0.15, 0.2) is 92.9 Å². The molecule has 10 atom stereocenters. The SMILES string of the molecule is C=C(C)[C@H]1Cc2oc(cc2C(=O)OC)[C@H](C(=C)C)[C@H]2C=C(C(=O)O2)[C@H](N[C@@H]2/C3=C/[C@@H](O)[C@@H](C(=C)C)Cc4oc(cc4C(=O)OC)[C@H](C(=C)C)[C@@H]2OC3=O)[C@@H]1O. The van der Waals surface area contributed by atoms with Gasteiger partial charge in [0.05, 0.1) is 61.5 Å². The van der Waals surface area contributed by atoms with Crippen molar-refractivity contribution in [3.8, 4) is 0 Å². The topological polar surface area (TPSA) is 184 Å². The molecule has 13 nitrogen and oxygen atoms in total. The van der Waals surface area contributed by atoms with Gasteiger partial charge in [0.2, 0.25) is 0 Å². The first-order valence-corrected chi connectivity index (χ1v) is 18.0. The van der Waals surface area contributed by atoms with Crippen LogP contribution < -0.4 is 5.32 Å². The summed E-state index contributed by atoms with van der Waals surface area (Å²) >= 11 is 0. The van der Waals surface area contributed by atoms with E-state index in [0.29, 0.717) is 28.1 Å². The van der Waals surface area contributed by atoms with E-state index in [2.05, 4.69) is 31.6 Å². The fraction of sp³-hybridized carbons (Fsp3) is 0.429. The van der Waals surface area contributed by atoms with Gasteiger partial charge in [-0.25, -0.2) is 19.2 Å². The van der Waals surface area contributed by atoms with E-state index >= 15 is 0 Å². The van der Waals surface area contributed by atoms with Gasteiger partial charge in [0.25, 0.3) is 0 Å². The van der Waals surface area contributed by atoms with Crippen LogP contribution in [0, 0.1) is 11.8 Å². The summed E-state index contributed by atoms with van der Waals surface area (Å²) in [5.41, 5.74) is 2.51. The first-order valence-electron chi connectivity index (χ1n) is 18.0. The average Bonchev–Trinajstić information content (AvgIpc) is 3.88. The third-order valence-corrected chi connectivity index (χ3v) is 11.1. The molecule has 0 spiro atoms. The predicted octanol–water partition coefficient (Wildman–Crippen LogP) is 4.71. The Bertz CT molecular complexity index is 2060. The number of nitrogens with one attached hydrogen (secondary N) is 1. The van der Waals surface area contributed by atoms with Gasteiger partial charge in [-0.3, -0.25) is 5.32 Å². The molecule has 55 heavy (non-hydrogen) atoms. The highest BCUT2D eigenvalue weighted by Gasteiger charge is 2.51. The molecule has 4 aliphatic heterocycles. The standard InChI is InChI=1S/C42H47NO12/c1-17(2)21-12-28-24(40(47)51-10)15-32(53-28)34(20(7)8)38-36(25(11-27(21)44)42(49)55-38)43-35-26-16-31(54-41(26)48)33(19(5)6)30-14-23(39(46)50-9)29(52-30)13-22(18(3)4)37(35)45/h11,14-16,21-22,27,31,33-38,43-45H,1,3,5,7,12-13H2,2,4,6,8-10H3/b25-11-/t21-,22-,27-,31-,33+,34+,35+,36-,37-,38+/m1/s1. The van der Waals surface area contributed by atoms with Gasteiger partial charge in [-0.15, -0.1) is 0 Å². The number of hydrogen-bond donors (Lipinski definition) is 3. The molecule has 3 N–H and O–H groups in total. The molecule has 0 saturated carbocycles. The molecule has 0 radical (unpaired) electrons. The summed E-state index contributed by atoms with van der Waals surface area (Å²) < 4.78 is 34.7. The third kappa shape index (κ3) is 7.07. The Morgan fingerprint density at radius 2 is 1.20 bits per heavy atom. The molecular formula is C42H47NO12. The molecule has 0 amide bonds. The largest absolute Gasteiger partial charge is 0.465 e. The van der Waals surface area contributed by atoms with Crippen LogP contribution >= 0.6 is 0 Å². The molecule has 0 aliphatic carbocycles. The van der Waals surface area contributed by atoms with Crippen LogP contribution in [0.4, 0.5) is 0 Å². The summed E-state index contributed by atoms with van der Waals surface area (Å²) in [6.45, 7) is 23.4. The van der Waals surface area contributed by atoms with Crippen molar-refractivity contribution in [1.82, 2.24) is 5.32 Å². The Hall–Kier alpha value is -5.24. The number of carbonyl (C=O) groups excluding carboxylic acids is 4. The number of carbonyl (C=O) groups is 4. The molecule has 4 aliphatic rings. The van der Waals surface area contributed by atoms with Gasteiger partial charge in [0.15, 0.2) is 0 Å². The van der Waals surface area contributed by atoms with Gasteiger partial charge < -0.3 is 38.0 Å². The number of methoxy groups -OCH3 is 2. The second-order valence-electron chi connectivity index (χ2n) is 15.0. The number of aliphatic hydroxyl groups excluding tert-OH is 2. The highest BCUT2D eigenvalue weighted by molar-refractivity contribution is 5.95. The number of fused-ring (bicyclic) bond motifs is 7. The first kappa shape index (κ1) is 39.5. The number of aliphatic hydroxyl groups is 2. The molecule has 2 aromatic heterocycles. The van der Waals surface area contributed by atoms with Crippen molar-refractivity contribution in [2.45, 2.75) is 88.9 Å². The van der Waals surface area contributed by atoms with E-state index < -0.39 is 84.0 Å². The zero-order chi connectivity index (χ0) is 40.2. The predicted molar refractivity (Wildman–Crippen MR) is 198 cm³/mol. The molecule has 13 heteroatoms. The molecule has 8 bridgehead atoms. The summed E-state index contributed by atoms with van der Waals surface area (Å²) in [6.07, 6.45) is -1.81. The Morgan fingerprint density at radius 3 is 1.71 bits per heavy atom. The van der Waals surface area contributed by atoms with E-state index in [1.165, 1.54) is 26.4 Å². The number of ether oxygens (including phenoxy) is 4. The Morgan fingerprint density at radius 1 is 0.709 bits per heavy atom. The zero-order valence-electron chi connectivity index (χ0n) is 31.8. The van der Waals surface area contributed by atoms with Crippen LogP contribution in [0.3, 0.4) is 0 Å². The minimum atomic E-state index is -1.44. The molecular weight excluding hydrogens is 710 g/mol. The van der Waals surface area contributed by atoms with Gasteiger partial charge >= 0.3 is 23.9 Å². The molecule has 0 aromatic carbocycles. The fourth-order valence-electron chi connectivity index (χ4n) is 8.16. The van der Waals surface area contributed by atoms with Gasteiger partial charge in [0, 0.05) is 24.7 Å². The summed E-state index contributed by atoms with van der Waals surface area (Å²) in [7, 11) is 2.49. The minimum absolute atomic E-state index is 0.0138. The maximum Gasteiger partial charge on any atom is 0.341 e.